The number of hydrogen-bond acceptors (Lipinski definition) is 5. The van der Waals surface area contributed by atoms with E-state index in [9.17, 15) is 9.18 Å². The van der Waals surface area contributed by atoms with Gasteiger partial charge in [0, 0.05) is 23.9 Å². The van der Waals surface area contributed by atoms with Gasteiger partial charge in [-0.1, -0.05) is 17.4 Å². The predicted octanol–water partition coefficient (Wildman–Crippen LogP) is 3.89. The zero-order chi connectivity index (χ0) is 20.1. The van der Waals surface area contributed by atoms with Crippen LogP contribution in [-0.2, 0) is 0 Å². The average Bonchev–Trinajstić information content (AvgIpc) is 3.43. The molecule has 0 bridgehead atoms. The number of hydrogen-bond donors (Lipinski definition) is 2. The Labute approximate surface area is 170 Å². The fraction of sp³-hybridized carbons (Fsp3) is 0.238. The van der Waals surface area contributed by atoms with Crippen LogP contribution < -0.4 is 15.8 Å². The number of imidazole rings is 1. The van der Waals surface area contributed by atoms with Gasteiger partial charge < -0.3 is 15.8 Å². The molecule has 6 nitrogen and oxygen atoms in total. The molecule has 1 aliphatic rings. The second-order valence-electron chi connectivity index (χ2n) is 7.15. The summed E-state index contributed by atoms with van der Waals surface area (Å²) in [5.74, 6) is -0.422. The third-order valence-electron chi connectivity index (χ3n) is 5.41. The molecule has 1 aliphatic heterocycles. The van der Waals surface area contributed by atoms with E-state index in [-0.39, 0.29) is 11.9 Å². The zero-order valence-electron chi connectivity index (χ0n) is 15.7. The van der Waals surface area contributed by atoms with E-state index in [2.05, 4.69) is 10.3 Å². The van der Waals surface area contributed by atoms with Crippen LogP contribution in [0.5, 0.6) is 5.75 Å². The average molecular weight is 410 g/mol. The van der Waals surface area contributed by atoms with Crippen molar-refractivity contribution < 1.29 is 13.9 Å². The molecule has 148 valence electrons. The van der Waals surface area contributed by atoms with E-state index in [1.54, 1.807) is 24.3 Å². The fourth-order valence-corrected chi connectivity index (χ4v) is 4.97. The molecule has 1 atom stereocenters. The van der Waals surface area contributed by atoms with Crippen LogP contribution in [0.25, 0.3) is 26.4 Å². The van der Waals surface area contributed by atoms with Gasteiger partial charge in [-0.25, -0.2) is 9.37 Å². The maximum Gasteiger partial charge on any atom is 0.252 e. The minimum Gasteiger partial charge on any atom is -0.496 e. The fourth-order valence-electron chi connectivity index (χ4n) is 3.94. The standard InChI is InChI=1S/C21H19FN4O2S/c1-28-18-9-17-19(8-13(18)20(23)27)29-21-25-16(10-26(17)21)12-5-4-11(7-14(12)22)15-3-2-6-24-15/h4-5,7-10,15,24H,2-3,6H2,1H3,(H2,23,27). The molecule has 0 aliphatic carbocycles. The molecule has 1 fully saturated rings. The molecule has 0 spiro atoms. The number of carbonyl (C=O) groups excluding carboxylic acids is 1. The van der Waals surface area contributed by atoms with Crippen LogP contribution in [0.1, 0.15) is 34.8 Å². The van der Waals surface area contributed by atoms with E-state index in [4.69, 9.17) is 10.5 Å². The van der Waals surface area contributed by atoms with Crippen molar-refractivity contribution in [3.63, 3.8) is 0 Å². The highest BCUT2D eigenvalue weighted by Crippen LogP contribution is 2.35. The molecule has 3 N–H and O–H groups in total. The third kappa shape index (κ3) is 2.95. The lowest BCUT2D eigenvalue weighted by atomic mass is 10.0. The molecule has 3 heterocycles. The molecule has 4 aromatic rings. The monoisotopic (exact) mass is 410 g/mol. The lowest BCUT2D eigenvalue weighted by molar-refractivity contribution is 0.0997. The minimum atomic E-state index is -0.547. The molecule has 0 radical (unpaired) electrons. The van der Waals surface area contributed by atoms with Crippen molar-refractivity contribution in [2.75, 3.05) is 13.7 Å². The maximum atomic E-state index is 14.9. The molecule has 1 amide bonds. The van der Waals surface area contributed by atoms with Crippen LogP contribution >= 0.6 is 11.3 Å². The number of nitrogens with zero attached hydrogens (tertiary/aromatic N) is 2. The summed E-state index contributed by atoms with van der Waals surface area (Å²) in [5, 5.41) is 3.39. The summed E-state index contributed by atoms with van der Waals surface area (Å²) in [5.41, 5.74) is 8.61. The lowest BCUT2D eigenvalue weighted by Crippen LogP contribution is -2.12. The number of fused-ring (bicyclic) bond motifs is 3. The quantitative estimate of drug-likeness (QED) is 0.535. The second kappa shape index (κ2) is 6.82. The highest BCUT2D eigenvalue weighted by molar-refractivity contribution is 7.23. The van der Waals surface area contributed by atoms with Crippen molar-refractivity contribution >= 4 is 32.4 Å². The lowest BCUT2D eigenvalue weighted by Gasteiger charge is -2.11. The summed E-state index contributed by atoms with van der Waals surface area (Å²) in [7, 11) is 1.49. The van der Waals surface area contributed by atoms with Crippen molar-refractivity contribution in [1.82, 2.24) is 14.7 Å². The molecular weight excluding hydrogens is 391 g/mol. The van der Waals surface area contributed by atoms with Crippen LogP contribution in [-0.4, -0.2) is 28.9 Å². The number of aromatic nitrogens is 2. The second-order valence-corrected chi connectivity index (χ2v) is 8.16. The zero-order valence-corrected chi connectivity index (χ0v) is 16.6. The van der Waals surface area contributed by atoms with Gasteiger partial charge >= 0.3 is 0 Å². The number of ether oxygens (including phenoxy) is 1. The molecular formula is C21H19FN4O2S. The number of amides is 1. The van der Waals surface area contributed by atoms with Gasteiger partial charge in [0.25, 0.3) is 5.91 Å². The highest BCUT2D eigenvalue weighted by Gasteiger charge is 2.20. The van der Waals surface area contributed by atoms with Gasteiger partial charge in [-0.15, -0.1) is 0 Å². The van der Waals surface area contributed by atoms with Crippen LogP contribution in [0.3, 0.4) is 0 Å². The molecule has 1 unspecified atom stereocenters. The van der Waals surface area contributed by atoms with Gasteiger partial charge in [0.1, 0.15) is 11.6 Å². The first kappa shape index (κ1) is 18.1. The first-order chi connectivity index (χ1) is 14.0. The Morgan fingerprint density at radius 2 is 2.24 bits per heavy atom. The maximum absolute atomic E-state index is 14.9. The first-order valence-corrected chi connectivity index (χ1v) is 10.2. The Bertz CT molecular complexity index is 1260. The SMILES string of the molecule is COc1cc2c(cc1C(N)=O)sc1nc(-c3ccc(C4CCCN4)cc3F)cn12. The number of nitrogens with one attached hydrogen (secondary N) is 1. The Morgan fingerprint density at radius 1 is 1.38 bits per heavy atom. The number of methoxy groups -OCH3 is 1. The molecule has 0 saturated carbocycles. The number of nitrogens with two attached hydrogens (primary N) is 1. The van der Waals surface area contributed by atoms with Crippen molar-refractivity contribution in [3.05, 3.63) is 53.5 Å². The Kier molecular flexibility index (Phi) is 4.25. The number of carbonyl (C=O) groups is 1. The minimum absolute atomic E-state index is 0.222. The molecule has 1 saturated heterocycles. The Balaban J connectivity index is 1.59. The number of primary amides is 1. The van der Waals surface area contributed by atoms with Gasteiger partial charge in [-0.05, 0) is 43.1 Å². The Morgan fingerprint density at radius 3 is 2.93 bits per heavy atom. The van der Waals surface area contributed by atoms with E-state index in [0.29, 0.717) is 27.5 Å². The Hall–Kier alpha value is -2.97. The van der Waals surface area contributed by atoms with Gasteiger partial charge in [0.15, 0.2) is 4.96 Å². The number of rotatable bonds is 4. The molecule has 2 aromatic heterocycles. The number of benzene rings is 2. The molecule has 2 aromatic carbocycles. The van der Waals surface area contributed by atoms with Gasteiger partial charge in [-0.3, -0.25) is 9.20 Å². The number of thiazole rings is 1. The molecule has 8 heteroatoms. The smallest absolute Gasteiger partial charge is 0.252 e. The van der Waals surface area contributed by atoms with E-state index >= 15 is 0 Å². The summed E-state index contributed by atoms with van der Waals surface area (Å²) in [6.45, 7) is 0.972. The molecule has 5 rings (SSSR count). The largest absolute Gasteiger partial charge is 0.496 e. The normalized spacial score (nSPS) is 16.7. The van der Waals surface area contributed by atoms with E-state index < -0.39 is 5.91 Å². The summed E-state index contributed by atoms with van der Waals surface area (Å²) in [4.78, 5) is 17.0. The summed E-state index contributed by atoms with van der Waals surface area (Å²) < 4.78 is 22.9. The van der Waals surface area contributed by atoms with Crippen molar-refractivity contribution in [2.45, 2.75) is 18.9 Å². The van der Waals surface area contributed by atoms with E-state index in [0.717, 1.165) is 35.2 Å². The summed E-state index contributed by atoms with van der Waals surface area (Å²) >= 11 is 1.41. The summed E-state index contributed by atoms with van der Waals surface area (Å²) in [6.07, 6.45) is 3.95. The first-order valence-electron chi connectivity index (χ1n) is 9.38. The third-order valence-corrected chi connectivity index (χ3v) is 6.43. The van der Waals surface area contributed by atoms with Gasteiger partial charge in [0.05, 0.1) is 28.6 Å². The van der Waals surface area contributed by atoms with Gasteiger partial charge in [-0.2, -0.15) is 0 Å². The van der Waals surface area contributed by atoms with E-state index in [1.807, 2.05) is 16.7 Å². The summed E-state index contributed by atoms with van der Waals surface area (Å²) in [6, 6.07) is 9.06. The van der Waals surface area contributed by atoms with Gasteiger partial charge in [0.2, 0.25) is 0 Å². The van der Waals surface area contributed by atoms with Crippen LogP contribution in [0.2, 0.25) is 0 Å². The van der Waals surface area contributed by atoms with Crippen molar-refractivity contribution in [3.8, 4) is 17.0 Å². The molecule has 29 heavy (non-hydrogen) atoms. The predicted molar refractivity (Wildman–Crippen MR) is 111 cm³/mol. The topological polar surface area (TPSA) is 81.7 Å². The number of halogens is 1. The van der Waals surface area contributed by atoms with Crippen LogP contribution in [0.4, 0.5) is 4.39 Å². The van der Waals surface area contributed by atoms with E-state index in [1.165, 1.54) is 18.4 Å². The van der Waals surface area contributed by atoms with Crippen LogP contribution in [0, 0.1) is 5.82 Å². The van der Waals surface area contributed by atoms with Crippen LogP contribution in [0.15, 0.2) is 36.5 Å². The highest BCUT2D eigenvalue weighted by atomic mass is 32.1. The van der Waals surface area contributed by atoms with Crippen molar-refractivity contribution in [2.24, 2.45) is 5.73 Å². The van der Waals surface area contributed by atoms with Crippen molar-refractivity contribution in [1.29, 1.82) is 0 Å².